The molecule has 3 rings (SSSR count). The minimum absolute atomic E-state index is 0.639. The number of nitrogens with zero attached hydrogens (tertiary/aromatic N) is 2. The number of nitrogens with two attached hydrogens (primary N) is 1. The molecule has 0 aromatic carbocycles. The lowest BCUT2D eigenvalue weighted by Gasteiger charge is -2.19. The van der Waals surface area contributed by atoms with Crippen molar-refractivity contribution in [2.75, 3.05) is 12.3 Å². The highest BCUT2D eigenvalue weighted by Gasteiger charge is 2.19. The van der Waals surface area contributed by atoms with Crippen LogP contribution in [0.1, 0.15) is 16.8 Å². The third-order valence-corrected chi connectivity index (χ3v) is 3.68. The molecule has 0 saturated heterocycles. The number of anilines is 1. The number of rotatable bonds is 0. The van der Waals surface area contributed by atoms with Crippen molar-refractivity contribution in [2.45, 2.75) is 19.9 Å². The van der Waals surface area contributed by atoms with E-state index in [-0.39, 0.29) is 0 Å². The smallest absolute Gasteiger partial charge is 0.146 e. The molecule has 0 aliphatic carbocycles. The van der Waals surface area contributed by atoms with Crippen molar-refractivity contribution in [3.05, 3.63) is 16.8 Å². The van der Waals surface area contributed by atoms with Crippen LogP contribution in [0.3, 0.4) is 0 Å². The van der Waals surface area contributed by atoms with E-state index in [0.717, 1.165) is 35.4 Å². The average Bonchev–Trinajstić information content (AvgIpc) is 2.61. The molecule has 1 aliphatic heterocycles. The van der Waals surface area contributed by atoms with Crippen molar-refractivity contribution in [2.24, 2.45) is 0 Å². The van der Waals surface area contributed by atoms with Crippen LogP contribution >= 0.6 is 11.5 Å². The Morgan fingerprint density at radius 2 is 2.27 bits per heavy atom. The zero-order valence-electron chi connectivity index (χ0n) is 8.50. The normalized spacial score (nSPS) is 15.5. The summed E-state index contributed by atoms with van der Waals surface area (Å²) < 4.78 is 4.18. The summed E-state index contributed by atoms with van der Waals surface area (Å²) in [5.41, 5.74) is 9.65. The lowest BCUT2D eigenvalue weighted by Crippen LogP contribution is -2.25. The van der Waals surface area contributed by atoms with Crippen LogP contribution in [0.25, 0.3) is 10.2 Å². The molecule has 0 spiro atoms. The van der Waals surface area contributed by atoms with Crippen LogP contribution in [-0.2, 0) is 13.0 Å². The van der Waals surface area contributed by atoms with Crippen LogP contribution in [0, 0.1) is 6.92 Å². The van der Waals surface area contributed by atoms with Gasteiger partial charge >= 0.3 is 0 Å². The minimum Gasteiger partial charge on any atom is -0.382 e. The summed E-state index contributed by atoms with van der Waals surface area (Å²) in [5, 5.41) is 4.45. The minimum atomic E-state index is 0.639. The first kappa shape index (κ1) is 9.06. The molecule has 2 aromatic rings. The van der Waals surface area contributed by atoms with Gasteiger partial charge in [-0.15, -0.1) is 0 Å². The lowest BCUT2D eigenvalue weighted by atomic mass is 9.97. The largest absolute Gasteiger partial charge is 0.382 e. The Balaban J connectivity index is 2.42. The first-order valence-corrected chi connectivity index (χ1v) is 5.78. The summed E-state index contributed by atoms with van der Waals surface area (Å²) >= 11 is 1.39. The molecule has 0 fully saturated rings. The van der Waals surface area contributed by atoms with Gasteiger partial charge in [-0.2, -0.15) is 4.37 Å². The molecule has 2 aromatic heterocycles. The Hall–Kier alpha value is -1.20. The highest BCUT2D eigenvalue weighted by atomic mass is 32.1. The van der Waals surface area contributed by atoms with Crippen molar-refractivity contribution in [3.8, 4) is 0 Å². The maximum atomic E-state index is 5.89. The van der Waals surface area contributed by atoms with Crippen LogP contribution < -0.4 is 11.1 Å². The molecule has 3 N–H and O–H groups in total. The molecule has 0 unspecified atom stereocenters. The molecule has 0 saturated carbocycles. The lowest BCUT2D eigenvalue weighted by molar-refractivity contribution is 0.641. The molecular formula is C10H12N4S. The zero-order chi connectivity index (χ0) is 10.4. The number of fused-ring (bicyclic) bond motifs is 3. The third-order valence-electron chi connectivity index (χ3n) is 2.93. The zero-order valence-corrected chi connectivity index (χ0v) is 9.32. The predicted molar refractivity (Wildman–Crippen MR) is 62.0 cm³/mol. The quantitative estimate of drug-likeness (QED) is 0.701. The van der Waals surface area contributed by atoms with E-state index >= 15 is 0 Å². The molecule has 0 radical (unpaired) electrons. The molecule has 3 heterocycles. The third kappa shape index (κ3) is 1.23. The van der Waals surface area contributed by atoms with Crippen molar-refractivity contribution in [1.82, 2.24) is 14.7 Å². The van der Waals surface area contributed by atoms with E-state index in [1.807, 2.05) is 0 Å². The maximum absolute atomic E-state index is 5.89. The van der Waals surface area contributed by atoms with Gasteiger partial charge in [0.2, 0.25) is 0 Å². The van der Waals surface area contributed by atoms with Gasteiger partial charge < -0.3 is 11.1 Å². The number of aromatic nitrogens is 2. The van der Waals surface area contributed by atoms with E-state index in [2.05, 4.69) is 21.6 Å². The number of aryl methyl sites for hydroxylation is 1. The van der Waals surface area contributed by atoms with Gasteiger partial charge in [0.25, 0.3) is 0 Å². The summed E-state index contributed by atoms with van der Waals surface area (Å²) in [4.78, 5) is 5.52. The van der Waals surface area contributed by atoms with Crippen molar-refractivity contribution >= 4 is 27.6 Å². The Labute approximate surface area is 91.7 Å². The van der Waals surface area contributed by atoms with Gasteiger partial charge in [0, 0.05) is 12.2 Å². The number of hydrogen-bond donors (Lipinski definition) is 2. The number of hydrogen-bond acceptors (Lipinski definition) is 5. The van der Waals surface area contributed by atoms with Crippen molar-refractivity contribution < 1.29 is 0 Å². The Morgan fingerprint density at radius 1 is 1.40 bits per heavy atom. The first-order valence-electron chi connectivity index (χ1n) is 5.01. The SMILES string of the molecule is Cc1nc2snc(N)c2c2c1CNCC2. The second-order valence-electron chi connectivity index (χ2n) is 3.83. The van der Waals surface area contributed by atoms with Gasteiger partial charge in [-0.3, -0.25) is 0 Å². The first-order chi connectivity index (χ1) is 7.27. The molecule has 0 amide bonds. The summed E-state index contributed by atoms with van der Waals surface area (Å²) in [6.07, 6.45) is 1.03. The van der Waals surface area contributed by atoms with E-state index in [1.54, 1.807) is 0 Å². The molecule has 1 aliphatic rings. The monoisotopic (exact) mass is 220 g/mol. The van der Waals surface area contributed by atoms with Gasteiger partial charge in [-0.25, -0.2) is 4.98 Å². The second kappa shape index (κ2) is 3.15. The number of nitrogens with one attached hydrogen (secondary N) is 1. The van der Waals surface area contributed by atoms with Gasteiger partial charge in [0.05, 0.1) is 5.39 Å². The highest BCUT2D eigenvalue weighted by molar-refractivity contribution is 7.13. The van der Waals surface area contributed by atoms with E-state index in [9.17, 15) is 0 Å². The Kier molecular flexibility index (Phi) is 1.90. The van der Waals surface area contributed by atoms with E-state index in [4.69, 9.17) is 5.73 Å². The van der Waals surface area contributed by atoms with Gasteiger partial charge in [-0.1, -0.05) is 0 Å². The summed E-state index contributed by atoms with van der Waals surface area (Å²) in [6.45, 7) is 3.97. The predicted octanol–water partition coefficient (Wildman–Crippen LogP) is 1.23. The maximum Gasteiger partial charge on any atom is 0.146 e. The fourth-order valence-corrected chi connectivity index (χ4v) is 2.95. The topological polar surface area (TPSA) is 63.8 Å². The van der Waals surface area contributed by atoms with Crippen LogP contribution in [0.15, 0.2) is 0 Å². The number of nitrogen functional groups attached to an aromatic ring is 1. The van der Waals surface area contributed by atoms with Crippen molar-refractivity contribution in [3.63, 3.8) is 0 Å². The molecule has 0 bridgehead atoms. The summed E-state index contributed by atoms with van der Waals surface area (Å²) in [5.74, 6) is 0.639. The summed E-state index contributed by atoms with van der Waals surface area (Å²) in [6, 6.07) is 0. The van der Waals surface area contributed by atoms with Gasteiger partial charge in [0.15, 0.2) is 0 Å². The highest BCUT2D eigenvalue weighted by Crippen LogP contribution is 2.31. The van der Waals surface area contributed by atoms with Gasteiger partial charge in [-0.05, 0) is 42.5 Å². The molecule has 5 heteroatoms. The molecule has 0 atom stereocenters. The Morgan fingerprint density at radius 3 is 3.13 bits per heavy atom. The average molecular weight is 220 g/mol. The van der Waals surface area contributed by atoms with Crippen LogP contribution in [0.5, 0.6) is 0 Å². The fourth-order valence-electron chi connectivity index (χ4n) is 2.18. The second-order valence-corrected chi connectivity index (χ2v) is 4.58. The van der Waals surface area contributed by atoms with E-state index < -0.39 is 0 Å². The van der Waals surface area contributed by atoms with Crippen LogP contribution in [-0.4, -0.2) is 15.9 Å². The van der Waals surface area contributed by atoms with Crippen LogP contribution in [0.4, 0.5) is 5.82 Å². The standard InChI is InChI=1S/C10H12N4S/c1-5-7-4-12-3-2-6(7)8-9(11)14-15-10(8)13-5/h12H,2-4H2,1H3,(H2,11,14). The van der Waals surface area contributed by atoms with Crippen LogP contribution in [0.2, 0.25) is 0 Å². The fraction of sp³-hybridized carbons (Fsp3) is 0.400. The molecule has 78 valence electrons. The van der Waals surface area contributed by atoms with Crippen molar-refractivity contribution in [1.29, 1.82) is 0 Å². The molecule has 4 nitrogen and oxygen atoms in total. The number of pyridine rings is 1. The molecule has 15 heavy (non-hydrogen) atoms. The Bertz CT molecular complexity index is 532. The summed E-state index contributed by atoms with van der Waals surface area (Å²) in [7, 11) is 0. The van der Waals surface area contributed by atoms with Gasteiger partial charge in [0.1, 0.15) is 10.6 Å². The molecular weight excluding hydrogens is 208 g/mol. The van der Waals surface area contributed by atoms with E-state index in [1.165, 1.54) is 22.7 Å². The van der Waals surface area contributed by atoms with E-state index in [0.29, 0.717) is 5.82 Å².